The Kier molecular flexibility index (Phi) is 4.54. The van der Waals surface area contributed by atoms with Crippen LogP contribution in [-0.2, 0) is 4.33 Å². The maximum Gasteiger partial charge on any atom is 0.373 e. The molecule has 0 amide bonds. The van der Waals surface area contributed by atoms with Gasteiger partial charge in [0.15, 0.2) is 0 Å². The van der Waals surface area contributed by atoms with E-state index in [9.17, 15) is 4.79 Å². The van der Waals surface area contributed by atoms with Gasteiger partial charge in [0, 0.05) is 0 Å². The molecular formula is C7H2BrCl5N6O. The average molecular weight is 443 g/mol. The summed E-state index contributed by atoms with van der Waals surface area (Å²) in [5.74, 6) is 0. The van der Waals surface area contributed by atoms with Gasteiger partial charge in [0.05, 0.1) is 12.4 Å². The summed E-state index contributed by atoms with van der Waals surface area (Å²) < 4.78 is -2.33. The minimum atomic E-state index is -2.09. The minimum absolute atomic E-state index is 0.0225. The maximum absolute atomic E-state index is 12.0. The lowest BCUT2D eigenvalue weighted by molar-refractivity contribution is 0.236. The highest BCUT2D eigenvalue weighted by atomic mass is 79.9. The van der Waals surface area contributed by atoms with Crippen LogP contribution in [-0.4, -0.2) is 39.8 Å². The maximum atomic E-state index is 12.0. The van der Waals surface area contributed by atoms with E-state index in [0.29, 0.717) is 0 Å². The number of rotatable bonds is 1. The highest BCUT2D eigenvalue weighted by Crippen LogP contribution is 2.53. The molecular weight excluding hydrogens is 441 g/mol. The van der Waals surface area contributed by atoms with Crippen molar-refractivity contribution in [1.82, 2.24) is 30.0 Å². The molecule has 0 aromatic carbocycles. The Labute approximate surface area is 145 Å². The fraction of sp³-hybridized carbons (Fsp3) is 0.286. The number of carbonyl (C=O) groups excluding carboxylic acids is 1. The van der Waals surface area contributed by atoms with E-state index in [2.05, 4.69) is 36.6 Å². The molecule has 13 heteroatoms. The van der Waals surface area contributed by atoms with Crippen molar-refractivity contribution < 1.29 is 4.79 Å². The van der Waals surface area contributed by atoms with E-state index >= 15 is 0 Å². The second kappa shape index (κ2) is 5.58. The van der Waals surface area contributed by atoms with Crippen molar-refractivity contribution in [2.75, 3.05) is 0 Å². The molecule has 0 aliphatic heterocycles. The molecule has 2 aromatic heterocycles. The molecule has 108 valence electrons. The van der Waals surface area contributed by atoms with E-state index in [1.807, 2.05) is 0 Å². The summed E-state index contributed by atoms with van der Waals surface area (Å²) >= 11 is 32.0. The van der Waals surface area contributed by atoms with Gasteiger partial charge < -0.3 is 0 Å². The summed E-state index contributed by atoms with van der Waals surface area (Å²) in [6.07, 6.45) is 2.64. The first-order valence-corrected chi connectivity index (χ1v) is 7.31. The number of carbonyl (C=O) groups is 1. The first-order valence-electron chi connectivity index (χ1n) is 4.63. The third kappa shape index (κ3) is 2.77. The Morgan fingerprint density at radius 2 is 1.85 bits per heavy atom. The molecule has 0 spiro atoms. The largest absolute Gasteiger partial charge is 0.373 e. The molecule has 0 unspecified atom stereocenters. The first kappa shape index (κ1) is 16.3. The zero-order valence-corrected chi connectivity index (χ0v) is 14.4. The summed E-state index contributed by atoms with van der Waals surface area (Å²) in [6.45, 7) is 0. The van der Waals surface area contributed by atoms with Crippen LogP contribution >= 0.6 is 73.9 Å². The summed E-state index contributed by atoms with van der Waals surface area (Å²) in [4.78, 5) is 12.0. The van der Waals surface area contributed by atoms with Crippen molar-refractivity contribution in [3.63, 3.8) is 0 Å². The SMILES string of the molecule is O=C(n1ccnn1)n1nnc(C(Cl)(Cl)C(Cl)(Cl)Cl)c1Br. The molecule has 20 heavy (non-hydrogen) atoms. The predicted octanol–water partition coefficient (Wildman–Crippen LogP) is 3.15. The molecule has 0 aliphatic rings. The van der Waals surface area contributed by atoms with Gasteiger partial charge in [0.25, 0.3) is 0 Å². The standard InChI is InChI=1S/C7H2BrCl5N6O/c8-4-3(6(9,10)7(11,12)13)15-17-19(4)5(20)18-2-1-14-16-18/h1-2H. The van der Waals surface area contributed by atoms with Crippen LogP contribution in [0.1, 0.15) is 5.69 Å². The van der Waals surface area contributed by atoms with E-state index < -0.39 is 14.2 Å². The van der Waals surface area contributed by atoms with Gasteiger partial charge >= 0.3 is 6.03 Å². The molecule has 0 bridgehead atoms. The van der Waals surface area contributed by atoms with E-state index in [-0.39, 0.29) is 10.3 Å². The first-order chi connectivity index (χ1) is 9.16. The number of hydrogen-bond donors (Lipinski definition) is 0. The average Bonchev–Trinajstić information content (AvgIpc) is 2.95. The Balaban J connectivity index is 2.45. The molecule has 0 fully saturated rings. The fourth-order valence-electron chi connectivity index (χ4n) is 1.13. The lowest BCUT2D eigenvalue weighted by Gasteiger charge is -2.25. The number of halogens is 6. The Morgan fingerprint density at radius 1 is 1.20 bits per heavy atom. The topological polar surface area (TPSA) is 78.5 Å². The highest BCUT2D eigenvalue weighted by molar-refractivity contribution is 9.10. The number of nitrogens with zero attached hydrogens (tertiary/aromatic N) is 6. The lowest BCUT2D eigenvalue weighted by atomic mass is 10.3. The summed E-state index contributed by atoms with van der Waals surface area (Å²) in [7, 11) is 0. The van der Waals surface area contributed by atoms with Crippen molar-refractivity contribution in [1.29, 1.82) is 0 Å². The lowest BCUT2D eigenvalue weighted by Crippen LogP contribution is -2.29. The van der Waals surface area contributed by atoms with Crippen LogP contribution in [0.5, 0.6) is 0 Å². The van der Waals surface area contributed by atoms with Gasteiger partial charge in [-0.1, -0.05) is 68.4 Å². The van der Waals surface area contributed by atoms with Crippen LogP contribution in [0.25, 0.3) is 0 Å². The second-order valence-electron chi connectivity index (χ2n) is 3.34. The molecule has 0 saturated heterocycles. The predicted molar refractivity (Wildman–Crippen MR) is 77.6 cm³/mol. The number of hydrogen-bond acceptors (Lipinski definition) is 5. The molecule has 7 nitrogen and oxygen atoms in total. The number of alkyl halides is 5. The van der Waals surface area contributed by atoms with Crippen molar-refractivity contribution >= 4 is 80.0 Å². The Bertz CT molecular complexity index is 635. The molecule has 2 aromatic rings. The molecule has 0 radical (unpaired) electrons. The molecule has 2 rings (SSSR count). The summed E-state index contributed by atoms with van der Waals surface area (Å²) in [6, 6.07) is -0.679. The highest BCUT2D eigenvalue weighted by Gasteiger charge is 2.51. The van der Waals surface area contributed by atoms with Crippen LogP contribution in [0.15, 0.2) is 17.0 Å². The zero-order chi connectivity index (χ0) is 15.1. The summed E-state index contributed by atoms with van der Waals surface area (Å²) in [5, 5.41) is 14.3. The molecule has 0 atom stereocenters. The van der Waals surface area contributed by atoms with Crippen LogP contribution in [0.2, 0.25) is 0 Å². The van der Waals surface area contributed by atoms with Gasteiger partial charge in [-0.2, -0.15) is 9.36 Å². The van der Waals surface area contributed by atoms with E-state index in [1.165, 1.54) is 12.4 Å². The molecule has 2 heterocycles. The third-order valence-corrected chi connectivity index (χ3v) is 5.14. The van der Waals surface area contributed by atoms with Gasteiger partial charge in [0.2, 0.25) is 8.13 Å². The van der Waals surface area contributed by atoms with Crippen LogP contribution in [0.4, 0.5) is 4.79 Å². The molecule has 0 saturated carbocycles. The normalized spacial score (nSPS) is 12.7. The van der Waals surface area contributed by atoms with Crippen molar-refractivity contribution in [2.45, 2.75) is 8.13 Å². The monoisotopic (exact) mass is 440 g/mol. The van der Waals surface area contributed by atoms with Crippen molar-refractivity contribution in [2.24, 2.45) is 0 Å². The van der Waals surface area contributed by atoms with Crippen molar-refractivity contribution in [3.8, 4) is 0 Å². The summed E-state index contributed by atoms with van der Waals surface area (Å²) in [5.41, 5.74) is -0.130. The zero-order valence-electron chi connectivity index (χ0n) is 9.01. The second-order valence-corrected chi connectivity index (χ2v) is 7.70. The van der Waals surface area contributed by atoms with Gasteiger partial charge in [-0.25, -0.2) is 4.79 Å². The van der Waals surface area contributed by atoms with Crippen LogP contribution < -0.4 is 0 Å². The van der Waals surface area contributed by atoms with Gasteiger partial charge in [-0.05, 0) is 15.9 Å². The van der Waals surface area contributed by atoms with Gasteiger partial charge in [-0.3, -0.25) is 0 Å². The smallest absolute Gasteiger partial charge is 0.243 e. The fourth-order valence-corrected chi connectivity index (χ4v) is 2.48. The minimum Gasteiger partial charge on any atom is -0.243 e. The van der Waals surface area contributed by atoms with E-state index in [1.54, 1.807) is 0 Å². The third-order valence-electron chi connectivity index (χ3n) is 2.07. The molecule has 0 aliphatic carbocycles. The van der Waals surface area contributed by atoms with Gasteiger partial charge in [-0.15, -0.1) is 10.2 Å². The Morgan fingerprint density at radius 3 is 2.35 bits per heavy atom. The van der Waals surface area contributed by atoms with Gasteiger partial charge in [0.1, 0.15) is 10.3 Å². The Hall–Kier alpha value is -0.120. The molecule has 0 N–H and O–H groups in total. The van der Waals surface area contributed by atoms with E-state index in [4.69, 9.17) is 58.0 Å². The van der Waals surface area contributed by atoms with E-state index in [0.717, 1.165) is 9.36 Å². The van der Waals surface area contributed by atoms with Crippen molar-refractivity contribution in [3.05, 3.63) is 22.7 Å². The number of aromatic nitrogens is 6. The van der Waals surface area contributed by atoms with Crippen LogP contribution in [0, 0.1) is 0 Å². The van der Waals surface area contributed by atoms with Crippen LogP contribution in [0.3, 0.4) is 0 Å². The quantitative estimate of drug-likeness (QED) is 0.633.